The van der Waals surface area contributed by atoms with Crippen molar-refractivity contribution in [3.8, 4) is 11.4 Å². The molecular weight excluding hydrogens is 449 g/mol. The number of carbonyl (C=O) groups excluding carboxylic acids is 1. The minimum absolute atomic E-state index is 0.179. The number of halogens is 3. The molecule has 4 heterocycles. The predicted molar refractivity (Wildman–Crippen MR) is 120 cm³/mol. The van der Waals surface area contributed by atoms with E-state index in [1.807, 2.05) is 18.3 Å². The van der Waals surface area contributed by atoms with Gasteiger partial charge in [-0.25, -0.2) is 4.79 Å². The van der Waals surface area contributed by atoms with E-state index >= 15 is 0 Å². The number of aromatic nitrogens is 4. The molecule has 1 saturated heterocycles. The predicted octanol–water partition coefficient (Wildman–Crippen LogP) is 4.54. The molecule has 2 aliphatic rings. The van der Waals surface area contributed by atoms with Crippen LogP contribution in [0.5, 0.6) is 0 Å². The van der Waals surface area contributed by atoms with Gasteiger partial charge in [-0.15, -0.1) is 0 Å². The third-order valence-electron chi connectivity index (χ3n) is 6.90. The number of aromatic amines is 1. The number of urea groups is 1. The second kappa shape index (κ2) is 7.72. The van der Waals surface area contributed by atoms with E-state index in [-0.39, 0.29) is 6.54 Å². The second-order valence-electron chi connectivity index (χ2n) is 9.91. The van der Waals surface area contributed by atoms with Crippen LogP contribution < -0.4 is 5.32 Å². The van der Waals surface area contributed by atoms with Gasteiger partial charge in [-0.2, -0.15) is 18.3 Å². The van der Waals surface area contributed by atoms with Gasteiger partial charge >= 0.3 is 12.2 Å². The number of hydrogen-bond acceptors (Lipinski definition) is 4. The summed E-state index contributed by atoms with van der Waals surface area (Å²) in [7, 11) is 0. The zero-order valence-corrected chi connectivity index (χ0v) is 19.0. The van der Waals surface area contributed by atoms with E-state index in [9.17, 15) is 23.1 Å². The lowest BCUT2D eigenvalue weighted by Crippen LogP contribution is -2.60. The standard InChI is InChI=1S/C23H27F3N6O2/c1-14(2)12-31-7-3-15-10-27-16(9-18(15)31)19-17(11-28-30-19)29-20(33)32-8-6-22(34,23(24,25)26)13-21(32)4-5-21/h3,7,9-11,14,34H,4-6,8,12-13H2,1-2H3,(H,28,30)(H,29,33). The number of aliphatic hydroxyl groups is 1. The van der Waals surface area contributed by atoms with Crippen LogP contribution >= 0.6 is 0 Å². The number of anilines is 1. The lowest BCUT2D eigenvalue weighted by Gasteiger charge is -2.45. The Labute approximate surface area is 194 Å². The molecular formula is C23H27F3N6O2. The molecule has 1 spiro atoms. The molecule has 0 radical (unpaired) electrons. The van der Waals surface area contributed by atoms with Crippen molar-refractivity contribution in [2.24, 2.45) is 5.92 Å². The number of alkyl halides is 3. The van der Waals surface area contributed by atoms with Crippen LogP contribution in [0.3, 0.4) is 0 Å². The second-order valence-corrected chi connectivity index (χ2v) is 9.91. The summed E-state index contributed by atoms with van der Waals surface area (Å²) in [5.74, 6) is 0.462. The third-order valence-corrected chi connectivity index (χ3v) is 6.90. The van der Waals surface area contributed by atoms with Crippen molar-refractivity contribution in [2.45, 2.75) is 63.4 Å². The molecule has 11 heteroatoms. The molecule has 0 bridgehead atoms. The molecule has 2 fully saturated rings. The average molecular weight is 477 g/mol. The van der Waals surface area contributed by atoms with Crippen molar-refractivity contribution in [1.82, 2.24) is 24.6 Å². The quantitative estimate of drug-likeness (QED) is 0.515. The molecule has 8 nitrogen and oxygen atoms in total. The van der Waals surface area contributed by atoms with Gasteiger partial charge in [0, 0.05) is 49.2 Å². The van der Waals surface area contributed by atoms with Gasteiger partial charge in [0.25, 0.3) is 0 Å². The molecule has 1 aliphatic carbocycles. The van der Waals surface area contributed by atoms with E-state index in [2.05, 4.69) is 38.9 Å². The molecule has 2 amide bonds. The van der Waals surface area contributed by atoms with Crippen LogP contribution in [0.2, 0.25) is 0 Å². The number of H-pyrrole nitrogens is 1. The van der Waals surface area contributed by atoms with Gasteiger partial charge in [0.2, 0.25) is 0 Å². The van der Waals surface area contributed by atoms with Crippen LogP contribution in [-0.2, 0) is 6.54 Å². The van der Waals surface area contributed by atoms with Gasteiger partial charge in [-0.1, -0.05) is 13.8 Å². The van der Waals surface area contributed by atoms with Gasteiger partial charge in [0.05, 0.1) is 23.1 Å². The van der Waals surface area contributed by atoms with Gasteiger partial charge in [-0.3, -0.25) is 10.1 Å². The summed E-state index contributed by atoms with van der Waals surface area (Å²) in [6, 6.07) is 3.42. The maximum absolute atomic E-state index is 13.4. The monoisotopic (exact) mass is 476 g/mol. The van der Waals surface area contributed by atoms with Crippen LogP contribution in [0.4, 0.5) is 23.7 Å². The van der Waals surface area contributed by atoms with E-state index in [4.69, 9.17) is 0 Å². The Morgan fingerprint density at radius 2 is 2.06 bits per heavy atom. The minimum atomic E-state index is -4.72. The van der Waals surface area contributed by atoms with Crippen molar-refractivity contribution in [3.63, 3.8) is 0 Å². The fourth-order valence-electron chi connectivity index (χ4n) is 4.94. The Morgan fingerprint density at radius 1 is 1.29 bits per heavy atom. The zero-order chi connectivity index (χ0) is 24.3. The van der Waals surface area contributed by atoms with Crippen LogP contribution in [0.25, 0.3) is 22.3 Å². The first-order chi connectivity index (χ1) is 16.0. The van der Waals surface area contributed by atoms with Crippen molar-refractivity contribution in [1.29, 1.82) is 0 Å². The highest BCUT2D eigenvalue weighted by atomic mass is 19.4. The maximum atomic E-state index is 13.4. The fraction of sp³-hybridized carbons (Fsp3) is 0.522. The van der Waals surface area contributed by atoms with Crippen molar-refractivity contribution in [2.75, 3.05) is 11.9 Å². The molecule has 1 saturated carbocycles. The first-order valence-corrected chi connectivity index (χ1v) is 11.4. The summed E-state index contributed by atoms with van der Waals surface area (Å²) in [5, 5.41) is 20.9. The average Bonchev–Trinajstić information content (AvgIpc) is 3.17. The first-order valence-electron chi connectivity index (χ1n) is 11.4. The molecule has 1 atom stereocenters. The molecule has 34 heavy (non-hydrogen) atoms. The molecule has 182 valence electrons. The number of likely N-dealkylation sites (tertiary alicyclic amines) is 1. The van der Waals surface area contributed by atoms with E-state index in [1.54, 1.807) is 6.20 Å². The number of nitrogens with zero attached hydrogens (tertiary/aromatic N) is 4. The summed E-state index contributed by atoms with van der Waals surface area (Å²) >= 11 is 0. The third kappa shape index (κ3) is 3.81. The molecule has 5 rings (SSSR count). The largest absolute Gasteiger partial charge is 0.417 e. The molecule has 1 unspecified atom stereocenters. The van der Waals surface area contributed by atoms with Gasteiger partial charge in [-0.05, 0) is 30.9 Å². The number of amides is 2. The van der Waals surface area contributed by atoms with Crippen molar-refractivity contribution in [3.05, 3.63) is 30.7 Å². The van der Waals surface area contributed by atoms with Crippen LogP contribution in [0, 0.1) is 5.92 Å². The highest BCUT2D eigenvalue weighted by molar-refractivity contribution is 5.94. The van der Waals surface area contributed by atoms with Crippen molar-refractivity contribution >= 4 is 22.6 Å². The summed E-state index contributed by atoms with van der Waals surface area (Å²) in [4.78, 5) is 19.0. The molecule has 3 N–H and O–H groups in total. The van der Waals surface area contributed by atoms with Gasteiger partial charge < -0.3 is 19.9 Å². The van der Waals surface area contributed by atoms with E-state index < -0.39 is 36.2 Å². The summed E-state index contributed by atoms with van der Waals surface area (Å²) in [6.07, 6.45) is 0.330. The minimum Gasteiger partial charge on any atom is -0.380 e. The van der Waals surface area contributed by atoms with Crippen molar-refractivity contribution < 1.29 is 23.1 Å². The van der Waals surface area contributed by atoms with Crippen LogP contribution in [0.15, 0.2) is 30.7 Å². The smallest absolute Gasteiger partial charge is 0.380 e. The number of carbonyl (C=O) groups is 1. The topological polar surface area (TPSA) is 99.1 Å². The van der Waals surface area contributed by atoms with Gasteiger partial charge in [0.1, 0.15) is 5.69 Å². The van der Waals surface area contributed by atoms with E-state index in [0.717, 1.165) is 17.4 Å². The normalized spacial score (nSPS) is 22.0. The Kier molecular flexibility index (Phi) is 5.16. The molecule has 3 aromatic heterocycles. The first kappa shape index (κ1) is 22.7. The summed E-state index contributed by atoms with van der Waals surface area (Å²) in [6.45, 7) is 4.95. The fourth-order valence-corrected chi connectivity index (χ4v) is 4.94. The van der Waals surface area contributed by atoms with E-state index in [1.165, 1.54) is 11.1 Å². The number of pyridine rings is 1. The highest BCUT2D eigenvalue weighted by Crippen LogP contribution is 2.55. The summed E-state index contributed by atoms with van der Waals surface area (Å²) in [5.41, 5.74) is -1.22. The molecule has 1 aliphatic heterocycles. The van der Waals surface area contributed by atoms with Gasteiger partial charge in [0.15, 0.2) is 5.60 Å². The summed E-state index contributed by atoms with van der Waals surface area (Å²) < 4.78 is 42.2. The Bertz CT molecular complexity index is 1230. The van der Waals surface area contributed by atoms with E-state index in [0.29, 0.717) is 35.8 Å². The molecule has 3 aromatic rings. The number of piperidine rings is 1. The lowest BCUT2D eigenvalue weighted by atomic mass is 9.84. The lowest BCUT2D eigenvalue weighted by molar-refractivity contribution is -0.277. The molecule has 0 aromatic carbocycles. The number of rotatable bonds is 4. The Balaban J connectivity index is 1.37. The maximum Gasteiger partial charge on any atom is 0.417 e. The number of fused-ring (bicyclic) bond motifs is 1. The number of nitrogens with one attached hydrogen (secondary N) is 2. The Morgan fingerprint density at radius 3 is 2.74 bits per heavy atom. The number of hydrogen-bond donors (Lipinski definition) is 3. The zero-order valence-electron chi connectivity index (χ0n) is 19.0. The van der Waals surface area contributed by atoms with Crippen LogP contribution in [0.1, 0.15) is 39.5 Å². The highest BCUT2D eigenvalue weighted by Gasteiger charge is 2.65. The SMILES string of the molecule is CC(C)Cn1ccc2cnc(-c3[nH]ncc3NC(=O)N3CCC(O)(C(F)(F)F)CC34CC4)cc21. The Hall–Kier alpha value is -3.08. The van der Waals surface area contributed by atoms with Crippen LogP contribution in [-0.4, -0.2) is 59.6 Å².